The molecule has 0 saturated carbocycles. The lowest BCUT2D eigenvalue weighted by Crippen LogP contribution is -2.30. The SMILES string of the molecule is COCCNC(=O)Cn1cncc1-c1ccnc(N)c1. The summed E-state index contributed by atoms with van der Waals surface area (Å²) in [6.07, 6.45) is 4.93. The quantitative estimate of drug-likeness (QED) is 0.739. The summed E-state index contributed by atoms with van der Waals surface area (Å²) >= 11 is 0. The van der Waals surface area contributed by atoms with Crippen LogP contribution in [0.25, 0.3) is 11.3 Å². The van der Waals surface area contributed by atoms with Gasteiger partial charge in [0.15, 0.2) is 0 Å². The summed E-state index contributed by atoms with van der Waals surface area (Å²) in [4.78, 5) is 19.8. The Labute approximate surface area is 116 Å². The zero-order valence-corrected chi connectivity index (χ0v) is 11.2. The molecule has 0 atom stereocenters. The molecule has 106 valence electrons. The molecular weight excluding hydrogens is 258 g/mol. The molecule has 0 spiro atoms. The van der Waals surface area contributed by atoms with Gasteiger partial charge in [0.05, 0.1) is 24.8 Å². The molecule has 0 saturated heterocycles. The number of hydrogen-bond donors (Lipinski definition) is 2. The molecule has 0 aliphatic carbocycles. The van der Waals surface area contributed by atoms with E-state index in [1.165, 1.54) is 0 Å². The average Bonchev–Trinajstić information content (AvgIpc) is 2.87. The van der Waals surface area contributed by atoms with E-state index in [0.29, 0.717) is 19.0 Å². The van der Waals surface area contributed by atoms with Gasteiger partial charge >= 0.3 is 0 Å². The van der Waals surface area contributed by atoms with Crippen molar-refractivity contribution in [1.29, 1.82) is 0 Å². The molecule has 0 aliphatic heterocycles. The predicted molar refractivity (Wildman–Crippen MR) is 74.8 cm³/mol. The van der Waals surface area contributed by atoms with Gasteiger partial charge in [0.2, 0.25) is 5.91 Å². The van der Waals surface area contributed by atoms with Crippen LogP contribution >= 0.6 is 0 Å². The van der Waals surface area contributed by atoms with Gasteiger partial charge in [0, 0.05) is 25.4 Å². The van der Waals surface area contributed by atoms with Crippen LogP contribution in [0.4, 0.5) is 5.82 Å². The maximum absolute atomic E-state index is 11.8. The molecule has 1 amide bonds. The molecule has 2 heterocycles. The number of nitrogens with two attached hydrogens (primary N) is 1. The molecule has 7 nitrogen and oxygen atoms in total. The molecular formula is C13H17N5O2. The predicted octanol–water partition coefficient (Wildman–Crippen LogP) is 0.290. The van der Waals surface area contributed by atoms with Gasteiger partial charge in [-0.15, -0.1) is 0 Å². The lowest BCUT2D eigenvalue weighted by molar-refractivity contribution is -0.121. The third kappa shape index (κ3) is 3.55. The summed E-state index contributed by atoms with van der Waals surface area (Å²) in [6.45, 7) is 1.17. The number of imidazole rings is 1. The molecule has 0 fully saturated rings. The van der Waals surface area contributed by atoms with E-state index in [1.807, 2.05) is 6.07 Å². The fourth-order valence-electron chi connectivity index (χ4n) is 1.80. The van der Waals surface area contributed by atoms with Gasteiger partial charge in [0.1, 0.15) is 12.4 Å². The van der Waals surface area contributed by atoms with Crippen molar-refractivity contribution in [3.8, 4) is 11.3 Å². The number of nitrogens with one attached hydrogen (secondary N) is 1. The standard InChI is InChI=1S/C13H17N5O2/c1-20-5-4-17-13(19)8-18-9-15-7-11(18)10-2-3-16-12(14)6-10/h2-3,6-7,9H,4-5,8H2,1H3,(H2,14,16)(H,17,19). The second kappa shape index (κ2) is 6.67. The van der Waals surface area contributed by atoms with Crippen LogP contribution in [0, 0.1) is 0 Å². The highest BCUT2D eigenvalue weighted by Gasteiger charge is 2.09. The number of amides is 1. The maximum Gasteiger partial charge on any atom is 0.240 e. The molecule has 0 bridgehead atoms. The Kier molecular flexibility index (Phi) is 4.67. The molecule has 3 N–H and O–H groups in total. The molecule has 0 unspecified atom stereocenters. The van der Waals surface area contributed by atoms with Gasteiger partial charge in [-0.3, -0.25) is 4.79 Å². The number of carbonyl (C=O) groups is 1. The fraction of sp³-hybridized carbons (Fsp3) is 0.308. The normalized spacial score (nSPS) is 10.4. The Hall–Kier alpha value is -2.41. The summed E-state index contributed by atoms with van der Waals surface area (Å²) < 4.78 is 6.64. The highest BCUT2D eigenvalue weighted by molar-refractivity contribution is 5.76. The maximum atomic E-state index is 11.8. The third-order valence-corrected chi connectivity index (χ3v) is 2.73. The molecule has 0 radical (unpaired) electrons. The molecule has 2 aromatic rings. The lowest BCUT2D eigenvalue weighted by Gasteiger charge is -2.09. The third-order valence-electron chi connectivity index (χ3n) is 2.73. The van der Waals surface area contributed by atoms with E-state index in [-0.39, 0.29) is 12.5 Å². The largest absolute Gasteiger partial charge is 0.384 e. The van der Waals surface area contributed by atoms with E-state index in [0.717, 1.165) is 11.3 Å². The molecule has 20 heavy (non-hydrogen) atoms. The summed E-state index contributed by atoms with van der Waals surface area (Å²) in [7, 11) is 1.59. The van der Waals surface area contributed by atoms with Crippen LogP contribution in [0.15, 0.2) is 30.9 Å². The van der Waals surface area contributed by atoms with Crippen molar-refractivity contribution in [1.82, 2.24) is 19.9 Å². The Morgan fingerprint density at radius 2 is 2.40 bits per heavy atom. The minimum atomic E-state index is -0.0941. The van der Waals surface area contributed by atoms with Crippen LogP contribution in [-0.2, 0) is 16.1 Å². The van der Waals surface area contributed by atoms with Crippen LogP contribution in [-0.4, -0.2) is 40.7 Å². The molecule has 7 heteroatoms. The van der Waals surface area contributed by atoms with Crippen molar-refractivity contribution in [2.75, 3.05) is 26.0 Å². The van der Waals surface area contributed by atoms with E-state index in [2.05, 4.69) is 15.3 Å². The first-order valence-corrected chi connectivity index (χ1v) is 6.18. The second-order valence-electron chi connectivity index (χ2n) is 4.22. The minimum absolute atomic E-state index is 0.0941. The van der Waals surface area contributed by atoms with Crippen LogP contribution in [0.2, 0.25) is 0 Å². The first-order valence-electron chi connectivity index (χ1n) is 6.18. The zero-order chi connectivity index (χ0) is 14.4. The van der Waals surface area contributed by atoms with Crippen molar-refractivity contribution >= 4 is 11.7 Å². The van der Waals surface area contributed by atoms with Gasteiger partial charge in [-0.25, -0.2) is 9.97 Å². The van der Waals surface area contributed by atoms with Crippen LogP contribution in [0.5, 0.6) is 0 Å². The minimum Gasteiger partial charge on any atom is -0.384 e. The van der Waals surface area contributed by atoms with E-state index in [9.17, 15) is 4.79 Å². The fourth-order valence-corrected chi connectivity index (χ4v) is 1.80. The number of nitrogen functional groups attached to an aromatic ring is 1. The molecule has 2 rings (SSSR count). The van der Waals surface area contributed by atoms with Crippen LogP contribution in [0.1, 0.15) is 0 Å². The first-order chi connectivity index (χ1) is 9.70. The Balaban J connectivity index is 2.07. The van der Waals surface area contributed by atoms with E-state index in [1.54, 1.807) is 36.5 Å². The summed E-state index contributed by atoms with van der Waals surface area (Å²) in [5, 5.41) is 2.76. The molecule has 0 aliphatic rings. The Morgan fingerprint density at radius 1 is 1.55 bits per heavy atom. The van der Waals surface area contributed by atoms with Gasteiger partial charge in [0.25, 0.3) is 0 Å². The number of aromatic nitrogens is 3. The first kappa shape index (κ1) is 14.0. The number of nitrogens with zero attached hydrogens (tertiary/aromatic N) is 3. The lowest BCUT2D eigenvalue weighted by atomic mass is 10.2. The topological polar surface area (TPSA) is 95.1 Å². The second-order valence-corrected chi connectivity index (χ2v) is 4.22. The number of ether oxygens (including phenoxy) is 1. The van der Waals surface area contributed by atoms with Crippen molar-refractivity contribution in [2.24, 2.45) is 0 Å². The smallest absolute Gasteiger partial charge is 0.240 e. The van der Waals surface area contributed by atoms with E-state index < -0.39 is 0 Å². The highest BCUT2D eigenvalue weighted by Crippen LogP contribution is 2.19. The van der Waals surface area contributed by atoms with Crippen LogP contribution < -0.4 is 11.1 Å². The summed E-state index contributed by atoms with van der Waals surface area (Å²) in [5.41, 5.74) is 7.36. The Bertz CT molecular complexity index is 582. The zero-order valence-electron chi connectivity index (χ0n) is 11.2. The Morgan fingerprint density at radius 3 is 3.15 bits per heavy atom. The van der Waals surface area contributed by atoms with Gasteiger partial charge in [-0.05, 0) is 12.1 Å². The van der Waals surface area contributed by atoms with Gasteiger partial charge in [-0.2, -0.15) is 0 Å². The number of methoxy groups -OCH3 is 1. The number of rotatable bonds is 6. The van der Waals surface area contributed by atoms with Gasteiger partial charge in [-0.1, -0.05) is 0 Å². The van der Waals surface area contributed by atoms with E-state index in [4.69, 9.17) is 10.5 Å². The van der Waals surface area contributed by atoms with Crippen molar-refractivity contribution in [3.05, 3.63) is 30.9 Å². The number of hydrogen-bond acceptors (Lipinski definition) is 5. The summed E-state index contributed by atoms with van der Waals surface area (Å²) in [5.74, 6) is 0.336. The van der Waals surface area contributed by atoms with Crippen molar-refractivity contribution < 1.29 is 9.53 Å². The number of carbonyl (C=O) groups excluding carboxylic acids is 1. The summed E-state index contributed by atoms with van der Waals surface area (Å²) in [6, 6.07) is 3.57. The average molecular weight is 275 g/mol. The molecule has 2 aromatic heterocycles. The number of pyridine rings is 1. The van der Waals surface area contributed by atoms with Crippen molar-refractivity contribution in [3.63, 3.8) is 0 Å². The van der Waals surface area contributed by atoms with Gasteiger partial charge < -0.3 is 20.4 Å². The highest BCUT2D eigenvalue weighted by atomic mass is 16.5. The van der Waals surface area contributed by atoms with Crippen molar-refractivity contribution in [2.45, 2.75) is 6.54 Å². The van der Waals surface area contributed by atoms with Crippen LogP contribution in [0.3, 0.4) is 0 Å². The molecule has 0 aromatic carbocycles. The van der Waals surface area contributed by atoms with E-state index >= 15 is 0 Å². The monoisotopic (exact) mass is 275 g/mol. The number of anilines is 1.